The van der Waals surface area contributed by atoms with Gasteiger partial charge in [0.2, 0.25) is 11.8 Å². The van der Waals surface area contributed by atoms with E-state index in [2.05, 4.69) is 87.7 Å². The molecule has 3 heterocycles. The molecule has 0 aromatic heterocycles. The maximum atomic E-state index is 13.0. The lowest BCUT2D eigenvalue weighted by Gasteiger charge is -2.35. The van der Waals surface area contributed by atoms with E-state index in [4.69, 9.17) is 4.74 Å². The van der Waals surface area contributed by atoms with E-state index in [0.717, 1.165) is 62.4 Å². The first-order chi connectivity index (χ1) is 26.8. The quantitative estimate of drug-likeness (QED) is 0.191. The molecule has 4 aromatic carbocycles. The predicted octanol–water partition coefficient (Wildman–Crippen LogP) is 5.32. The number of piperidine rings is 1. The number of ether oxygens (including phenoxy) is 1. The number of aromatic hydroxyl groups is 1. The third-order valence-electron chi connectivity index (χ3n) is 11.8. The van der Waals surface area contributed by atoms with Crippen molar-refractivity contribution in [2.24, 2.45) is 0 Å². The van der Waals surface area contributed by atoms with Crippen LogP contribution in [-0.4, -0.2) is 89.4 Å². The Morgan fingerprint density at radius 3 is 2.42 bits per heavy atom. The Bertz CT molecular complexity index is 2060. The van der Waals surface area contributed by atoms with Gasteiger partial charge in [-0.05, 0) is 95.3 Å². The highest BCUT2D eigenvalue weighted by Crippen LogP contribution is 2.47. The molecule has 1 aliphatic carbocycles. The molecular weight excluding hydrogens is 691 g/mol. The van der Waals surface area contributed by atoms with Crippen molar-refractivity contribution in [2.75, 3.05) is 45.9 Å². The Kier molecular flexibility index (Phi) is 10.7. The molecule has 284 valence electrons. The molecule has 3 atom stereocenters. The van der Waals surface area contributed by atoms with Crippen molar-refractivity contribution < 1.29 is 24.2 Å². The van der Waals surface area contributed by atoms with Crippen LogP contribution in [0.3, 0.4) is 0 Å². The predicted molar refractivity (Wildman–Crippen MR) is 211 cm³/mol. The number of nitrogens with one attached hydrogen (secondary N) is 2. The lowest BCUT2D eigenvalue weighted by molar-refractivity contribution is -0.126. The Hall–Kier alpha value is -5.45. The van der Waals surface area contributed by atoms with Gasteiger partial charge in [-0.3, -0.25) is 24.2 Å². The summed E-state index contributed by atoms with van der Waals surface area (Å²) in [5.74, 6) is 1.42. The molecule has 0 radical (unpaired) electrons. The molecule has 3 aliphatic heterocycles. The molecule has 8 rings (SSSR count). The highest BCUT2D eigenvalue weighted by molar-refractivity contribution is 6.01. The molecule has 10 heteroatoms. The van der Waals surface area contributed by atoms with Crippen LogP contribution in [0, 0.1) is 0 Å². The number of hydrogen-bond acceptors (Lipinski definition) is 7. The third-order valence-corrected chi connectivity index (χ3v) is 11.8. The van der Waals surface area contributed by atoms with Crippen LogP contribution < -0.4 is 15.4 Å². The highest BCUT2D eigenvalue weighted by Gasteiger charge is 2.38. The molecule has 0 saturated carbocycles. The smallest absolute Gasteiger partial charge is 0.255 e. The monoisotopic (exact) mass is 739 g/mol. The zero-order valence-electron chi connectivity index (χ0n) is 31.2. The summed E-state index contributed by atoms with van der Waals surface area (Å²) >= 11 is 0. The van der Waals surface area contributed by atoms with Gasteiger partial charge >= 0.3 is 0 Å². The van der Waals surface area contributed by atoms with Crippen LogP contribution in [0.25, 0.3) is 0 Å². The van der Waals surface area contributed by atoms with E-state index in [1.807, 2.05) is 24.3 Å². The molecule has 0 spiro atoms. The maximum Gasteiger partial charge on any atom is 0.255 e. The third kappa shape index (κ3) is 8.16. The average Bonchev–Trinajstić information content (AvgIpc) is 3.52. The Balaban J connectivity index is 0.773. The van der Waals surface area contributed by atoms with E-state index >= 15 is 0 Å². The summed E-state index contributed by atoms with van der Waals surface area (Å²) in [5, 5.41) is 16.0. The summed E-state index contributed by atoms with van der Waals surface area (Å²) < 4.78 is 6.20. The summed E-state index contributed by atoms with van der Waals surface area (Å²) in [6.45, 7) is 9.71. The van der Waals surface area contributed by atoms with Crippen LogP contribution in [0.5, 0.6) is 11.5 Å². The number of amides is 3. The Morgan fingerprint density at radius 1 is 0.855 bits per heavy atom. The number of phenolic OH excluding ortho intramolecular Hbond substituents is 1. The molecule has 10 nitrogen and oxygen atoms in total. The number of fused-ring (bicyclic) bond motifs is 2. The summed E-state index contributed by atoms with van der Waals surface area (Å²) in [6, 6.07) is 30.3. The van der Waals surface area contributed by atoms with E-state index in [-0.39, 0.29) is 23.6 Å². The van der Waals surface area contributed by atoms with Crippen LogP contribution in [-0.2, 0) is 29.1 Å². The number of allylic oxidation sites excluding steroid dienone is 1. The Morgan fingerprint density at radius 2 is 1.64 bits per heavy atom. The molecule has 4 aromatic rings. The number of carbonyl (C=O) groups excluding carboxylic acids is 3. The first kappa shape index (κ1) is 36.5. The lowest BCUT2D eigenvalue weighted by Crippen LogP contribution is -2.50. The number of hydrogen-bond donors (Lipinski definition) is 3. The van der Waals surface area contributed by atoms with E-state index in [0.29, 0.717) is 62.0 Å². The van der Waals surface area contributed by atoms with Gasteiger partial charge in [-0.15, -0.1) is 0 Å². The summed E-state index contributed by atoms with van der Waals surface area (Å²) in [6.07, 6.45) is 3.22. The van der Waals surface area contributed by atoms with Gasteiger partial charge in [0.1, 0.15) is 24.1 Å². The zero-order valence-corrected chi connectivity index (χ0v) is 31.2. The molecule has 3 amide bonds. The van der Waals surface area contributed by atoms with Crippen molar-refractivity contribution in [3.63, 3.8) is 0 Å². The molecule has 1 unspecified atom stereocenters. The van der Waals surface area contributed by atoms with Crippen LogP contribution in [0.2, 0.25) is 0 Å². The maximum absolute atomic E-state index is 13.0. The van der Waals surface area contributed by atoms with Crippen molar-refractivity contribution in [1.82, 2.24) is 25.3 Å². The molecule has 2 saturated heterocycles. The minimum atomic E-state index is -0.489. The van der Waals surface area contributed by atoms with Crippen LogP contribution in [0.15, 0.2) is 103 Å². The van der Waals surface area contributed by atoms with Crippen molar-refractivity contribution >= 4 is 17.7 Å². The number of nitrogens with zero attached hydrogens (tertiary/aromatic N) is 3. The highest BCUT2D eigenvalue weighted by atomic mass is 16.5. The van der Waals surface area contributed by atoms with E-state index < -0.39 is 6.04 Å². The van der Waals surface area contributed by atoms with Gasteiger partial charge < -0.3 is 25.4 Å². The number of piperazine rings is 1. The van der Waals surface area contributed by atoms with E-state index in [9.17, 15) is 19.5 Å². The fraction of sp³-hybridized carbons (Fsp3) is 0.356. The lowest BCUT2D eigenvalue weighted by atomic mass is 9.69. The minimum absolute atomic E-state index is 0.0255. The number of rotatable bonds is 11. The fourth-order valence-electron chi connectivity index (χ4n) is 8.79. The number of benzene rings is 4. The largest absolute Gasteiger partial charge is 0.508 e. The fourth-order valence-corrected chi connectivity index (χ4v) is 8.79. The van der Waals surface area contributed by atoms with Crippen LogP contribution in [0.4, 0.5) is 0 Å². The van der Waals surface area contributed by atoms with Gasteiger partial charge in [0.05, 0.1) is 6.54 Å². The topological polar surface area (TPSA) is 114 Å². The molecular formula is C45H49N5O5. The molecule has 4 aliphatic rings. The van der Waals surface area contributed by atoms with Gasteiger partial charge in [-0.2, -0.15) is 0 Å². The van der Waals surface area contributed by atoms with E-state index in [1.54, 1.807) is 11.0 Å². The van der Waals surface area contributed by atoms with Crippen molar-refractivity contribution in [1.29, 1.82) is 0 Å². The molecule has 2 fully saturated rings. The summed E-state index contributed by atoms with van der Waals surface area (Å²) in [5.41, 5.74) is 8.23. The van der Waals surface area contributed by atoms with Crippen molar-refractivity contribution in [3.8, 4) is 11.5 Å². The van der Waals surface area contributed by atoms with Crippen LogP contribution >= 0.6 is 0 Å². The second-order valence-corrected chi connectivity index (χ2v) is 15.3. The van der Waals surface area contributed by atoms with Gasteiger partial charge in [-0.25, -0.2) is 0 Å². The summed E-state index contributed by atoms with van der Waals surface area (Å²) in [7, 11) is 0. The minimum Gasteiger partial charge on any atom is -0.508 e. The standard InChI is InChI=1S/C45H49N5O5/c1-30-7-18-41(44(53)47-30)50-28-35-25-31(8-15-40(35)45(50)54)27-46-42(52)29-49-21-19-48(20-22-49)23-24-55-37-13-9-33(10-14-37)43-38(32-5-3-2-4-6-32)16-11-34-26-36(51)12-17-39(34)43/h2-6,8-10,12-15,17,25-26,38,41,43,51H,1,7,11,16,18-24,27-29H2,(H,46,52)(H,47,53)/t38-,41?,43+/m0/s1. The number of aryl methyl sites for hydroxylation is 1. The van der Waals surface area contributed by atoms with Gasteiger partial charge in [0, 0.05) is 63.0 Å². The van der Waals surface area contributed by atoms with Gasteiger partial charge in [-0.1, -0.05) is 67.2 Å². The first-order valence-electron chi connectivity index (χ1n) is 19.5. The van der Waals surface area contributed by atoms with E-state index in [1.165, 1.54) is 22.3 Å². The second kappa shape index (κ2) is 16.1. The number of carbonyl (C=O) groups is 3. The van der Waals surface area contributed by atoms with Crippen LogP contribution in [0.1, 0.15) is 74.8 Å². The zero-order chi connectivity index (χ0) is 37.9. The Labute approximate surface area is 322 Å². The summed E-state index contributed by atoms with van der Waals surface area (Å²) in [4.78, 5) is 44.6. The normalized spacial score (nSPS) is 21.5. The van der Waals surface area contributed by atoms with Crippen molar-refractivity contribution in [3.05, 3.63) is 142 Å². The van der Waals surface area contributed by atoms with Gasteiger partial charge in [0.25, 0.3) is 5.91 Å². The average molecular weight is 740 g/mol. The first-order valence-corrected chi connectivity index (χ1v) is 19.5. The molecule has 0 bridgehead atoms. The number of phenols is 1. The molecule has 55 heavy (non-hydrogen) atoms. The van der Waals surface area contributed by atoms with Crippen molar-refractivity contribution in [2.45, 2.75) is 56.7 Å². The molecule has 3 N–H and O–H groups in total. The second-order valence-electron chi connectivity index (χ2n) is 15.3. The van der Waals surface area contributed by atoms with Gasteiger partial charge in [0.15, 0.2) is 0 Å². The SMILES string of the molecule is C=C1CCC(N2Cc3cc(CNC(=O)CN4CCN(CCOc5ccc([C@H]6c7ccc(O)cc7CC[C@H]6c6ccccc6)cc5)CC4)ccc3C2=O)C(=O)N1.